The zero-order valence-electron chi connectivity index (χ0n) is 11.5. The molecule has 7 heteroatoms. The van der Waals surface area contributed by atoms with E-state index in [0.29, 0.717) is 5.75 Å². The number of nitrogens with zero attached hydrogens (tertiary/aromatic N) is 1. The van der Waals surface area contributed by atoms with Crippen molar-refractivity contribution in [2.24, 2.45) is 5.73 Å². The number of phenols is 1. The van der Waals surface area contributed by atoms with Crippen LogP contribution in [0, 0.1) is 0 Å². The molecule has 110 valence electrons. The van der Waals surface area contributed by atoms with Gasteiger partial charge in [-0.05, 0) is 31.2 Å². The molecule has 0 spiro atoms. The predicted molar refractivity (Wildman–Crippen MR) is 73.2 cm³/mol. The van der Waals surface area contributed by atoms with Gasteiger partial charge in [-0.1, -0.05) is 0 Å². The van der Waals surface area contributed by atoms with Crippen LogP contribution in [0.15, 0.2) is 24.3 Å². The van der Waals surface area contributed by atoms with Gasteiger partial charge in [0.1, 0.15) is 11.5 Å². The largest absolute Gasteiger partial charge is 0.508 e. The molecule has 4 N–H and O–H groups in total. The molecule has 0 aromatic heterocycles. The van der Waals surface area contributed by atoms with Crippen LogP contribution in [-0.4, -0.2) is 41.3 Å². The van der Waals surface area contributed by atoms with E-state index in [1.54, 1.807) is 19.1 Å². The van der Waals surface area contributed by atoms with Crippen LogP contribution in [-0.2, 0) is 4.79 Å². The van der Waals surface area contributed by atoms with Gasteiger partial charge in [-0.2, -0.15) is 0 Å². The van der Waals surface area contributed by atoms with Crippen molar-refractivity contribution in [3.63, 3.8) is 0 Å². The van der Waals surface area contributed by atoms with Crippen LogP contribution in [0.25, 0.3) is 0 Å². The number of phenolic OH excluding ortho intramolecular Hbond substituents is 1. The molecule has 0 saturated heterocycles. The summed E-state index contributed by atoms with van der Waals surface area (Å²) in [5, 5.41) is 11.7. The van der Waals surface area contributed by atoms with E-state index in [1.165, 1.54) is 19.1 Å². The highest BCUT2D eigenvalue weighted by molar-refractivity contribution is 5.93. The standard InChI is InChI=1S/C13H19N3O4/c1-9(20-12-5-3-11(18)4-6-12)15-13(19)16(8-7-14)10(2)17/h3-6,9,18H,7-8,14H2,1-2H3,(H,15,19). The van der Waals surface area contributed by atoms with Crippen molar-refractivity contribution < 1.29 is 19.4 Å². The molecule has 20 heavy (non-hydrogen) atoms. The minimum absolute atomic E-state index is 0.125. The van der Waals surface area contributed by atoms with Crippen LogP contribution in [0.3, 0.4) is 0 Å². The van der Waals surface area contributed by atoms with Crippen LogP contribution in [0.4, 0.5) is 4.79 Å². The van der Waals surface area contributed by atoms with Crippen LogP contribution in [0.1, 0.15) is 13.8 Å². The SMILES string of the molecule is CC(=O)N(CCN)C(=O)NC(C)Oc1ccc(O)cc1. The van der Waals surface area contributed by atoms with Gasteiger partial charge in [0, 0.05) is 20.0 Å². The van der Waals surface area contributed by atoms with Crippen molar-refractivity contribution in [2.45, 2.75) is 20.1 Å². The number of carbonyl (C=O) groups is 2. The molecule has 1 rings (SSSR count). The second-order valence-electron chi connectivity index (χ2n) is 4.16. The Kier molecular flexibility index (Phi) is 5.79. The summed E-state index contributed by atoms with van der Waals surface area (Å²) in [6.07, 6.45) is -0.633. The number of urea groups is 1. The molecule has 0 heterocycles. The van der Waals surface area contributed by atoms with Gasteiger partial charge in [0.05, 0.1) is 0 Å². The third-order valence-corrected chi connectivity index (χ3v) is 2.45. The number of ether oxygens (including phenoxy) is 1. The Morgan fingerprint density at radius 1 is 1.40 bits per heavy atom. The molecule has 7 nitrogen and oxygen atoms in total. The average Bonchev–Trinajstić information content (AvgIpc) is 2.38. The van der Waals surface area contributed by atoms with E-state index >= 15 is 0 Å². The molecule has 1 aromatic carbocycles. The molecule has 1 aromatic rings. The number of nitrogens with one attached hydrogen (secondary N) is 1. The number of nitrogens with two attached hydrogens (primary N) is 1. The lowest BCUT2D eigenvalue weighted by molar-refractivity contribution is -0.126. The predicted octanol–water partition coefficient (Wildman–Crippen LogP) is 0.634. The first-order valence-electron chi connectivity index (χ1n) is 6.18. The first-order chi connectivity index (χ1) is 9.43. The summed E-state index contributed by atoms with van der Waals surface area (Å²) in [6, 6.07) is 5.52. The Morgan fingerprint density at radius 3 is 2.50 bits per heavy atom. The monoisotopic (exact) mass is 281 g/mol. The molecule has 0 fully saturated rings. The molecule has 1 unspecified atom stereocenters. The van der Waals surface area contributed by atoms with E-state index in [4.69, 9.17) is 15.6 Å². The fourth-order valence-electron chi connectivity index (χ4n) is 1.54. The second-order valence-corrected chi connectivity index (χ2v) is 4.16. The van der Waals surface area contributed by atoms with Crippen molar-refractivity contribution in [2.75, 3.05) is 13.1 Å². The van der Waals surface area contributed by atoms with E-state index < -0.39 is 12.3 Å². The molecule has 0 saturated carbocycles. The first-order valence-corrected chi connectivity index (χ1v) is 6.18. The number of hydrogen-bond acceptors (Lipinski definition) is 5. The van der Waals surface area contributed by atoms with Gasteiger partial charge >= 0.3 is 6.03 Å². The Labute approximate surface area is 117 Å². The molecule has 0 aliphatic rings. The first kappa shape index (κ1) is 15.8. The average molecular weight is 281 g/mol. The lowest BCUT2D eigenvalue weighted by atomic mass is 10.3. The zero-order valence-corrected chi connectivity index (χ0v) is 11.5. The summed E-state index contributed by atoms with van der Waals surface area (Å²) in [4.78, 5) is 24.2. The maximum absolute atomic E-state index is 11.8. The van der Waals surface area contributed by atoms with Gasteiger partial charge < -0.3 is 20.9 Å². The van der Waals surface area contributed by atoms with Crippen LogP contribution in [0.5, 0.6) is 11.5 Å². The molecular weight excluding hydrogens is 262 g/mol. The number of aromatic hydroxyl groups is 1. The fourth-order valence-corrected chi connectivity index (χ4v) is 1.54. The Balaban J connectivity index is 2.56. The Bertz CT molecular complexity index is 461. The number of carbonyl (C=O) groups excluding carboxylic acids is 2. The van der Waals surface area contributed by atoms with Crippen molar-refractivity contribution in [3.05, 3.63) is 24.3 Å². The highest BCUT2D eigenvalue weighted by Crippen LogP contribution is 2.16. The van der Waals surface area contributed by atoms with E-state index in [0.717, 1.165) is 4.90 Å². The molecular formula is C13H19N3O4. The third kappa shape index (κ3) is 4.77. The number of rotatable bonds is 5. The minimum Gasteiger partial charge on any atom is -0.508 e. The van der Waals surface area contributed by atoms with Gasteiger partial charge in [0.2, 0.25) is 5.91 Å². The number of amides is 3. The summed E-state index contributed by atoms with van der Waals surface area (Å²) < 4.78 is 5.44. The summed E-state index contributed by atoms with van der Waals surface area (Å²) in [5.41, 5.74) is 5.34. The van der Waals surface area contributed by atoms with Gasteiger partial charge in [0.15, 0.2) is 6.23 Å². The van der Waals surface area contributed by atoms with Crippen molar-refractivity contribution in [1.82, 2.24) is 10.2 Å². The summed E-state index contributed by atoms with van der Waals surface area (Å²) in [6.45, 7) is 3.26. The van der Waals surface area contributed by atoms with Gasteiger partial charge in [-0.25, -0.2) is 4.79 Å². The molecule has 3 amide bonds. The highest BCUT2D eigenvalue weighted by atomic mass is 16.5. The van der Waals surface area contributed by atoms with Crippen LogP contribution >= 0.6 is 0 Å². The van der Waals surface area contributed by atoms with E-state index in [-0.39, 0.29) is 24.7 Å². The zero-order chi connectivity index (χ0) is 15.1. The Hall–Kier alpha value is -2.28. The normalized spacial score (nSPS) is 11.6. The summed E-state index contributed by atoms with van der Waals surface area (Å²) in [7, 11) is 0. The number of imide groups is 1. The molecule has 0 aliphatic carbocycles. The van der Waals surface area contributed by atoms with Crippen LogP contribution in [0.2, 0.25) is 0 Å². The van der Waals surface area contributed by atoms with Crippen LogP contribution < -0.4 is 15.8 Å². The lowest BCUT2D eigenvalue weighted by Crippen LogP contribution is -2.49. The molecule has 0 radical (unpaired) electrons. The lowest BCUT2D eigenvalue weighted by Gasteiger charge is -2.22. The number of hydrogen-bond donors (Lipinski definition) is 3. The van der Waals surface area contributed by atoms with E-state index in [2.05, 4.69) is 5.32 Å². The van der Waals surface area contributed by atoms with Crippen molar-refractivity contribution in [1.29, 1.82) is 0 Å². The smallest absolute Gasteiger partial charge is 0.326 e. The topological polar surface area (TPSA) is 105 Å². The van der Waals surface area contributed by atoms with Gasteiger partial charge in [-0.3, -0.25) is 9.69 Å². The quantitative estimate of drug-likeness (QED) is 0.687. The minimum atomic E-state index is -0.633. The molecule has 1 atom stereocenters. The summed E-state index contributed by atoms with van der Waals surface area (Å²) >= 11 is 0. The third-order valence-electron chi connectivity index (χ3n) is 2.45. The van der Waals surface area contributed by atoms with Gasteiger partial charge in [-0.15, -0.1) is 0 Å². The molecule has 0 aliphatic heterocycles. The second kappa shape index (κ2) is 7.34. The summed E-state index contributed by atoms with van der Waals surface area (Å²) in [5.74, 6) is 0.230. The van der Waals surface area contributed by atoms with Crippen molar-refractivity contribution in [3.8, 4) is 11.5 Å². The molecule has 0 bridgehead atoms. The number of benzene rings is 1. The Morgan fingerprint density at radius 2 is 2.00 bits per heavy atom. The van der Waals surface area contributed by atoms with Crippen molar-refractivity contribution >= 4 is 11.9 Å². The fraction of sp³-hybridized carbons (Fsp3) is 0.385. The highest BCUT2D eigenvalue weighted by Gasteiger charge is 2.19. The van der Waals surface area contributed by atoms with Gasteiger partial charge in [0.25, 0.3) is 0 Å². The van der Waals surface area contributed by atoms with E-state index in [1.807, 2.05) is 0 Å². The maximum Gasteiger partial charge on any atom is 0.326 e. The maximum atomic E-state index is 11.8. The van der Waals surface area contributed by atoms with E-state index in [9.17, 15) is 9.59 Å².